The SMILES string of the molecule is C=c1c(-c2ccccc2C(F)(F)F)c2c(c3ccccc13)=NC(N(C)CCOC)=N2. The minimum absolute atomic E-state index is 0.0525. The van der Waals surface area contributed by atoms with E-state index in [0.29, 0.717) is 40.9 Å². The molecule has 3 aromatic carbocycles. The van der Waals surface area contributed by atoms with Gasteiger partial charge in [-0.05, 0) is 22.2 Å². The van der Waals surface area contributed by atoms with Crippen molar-refractivity contribution in [3.63, 3.8) is 0 Å². The van der Waals surface area contributed by atoms with Crippen molar-refractivity contribution in [3.8, 4) is 11.1 Å². The van der Waals surface area contributed by atoms with Gasteiger partial charge in [0.05, 0.1) is 12.2 Å². The fraction of sp³-hybridized carbons (Fsp3) is 0.217. The Bertz CT molecular complexity index is 1270. The molecule has 3 aromatic rings. The van der Waals surface area contributed by atoms with Gasteiger partial charge in [0, 0.05) is 31.7 Å². The van der Waals surface area contributed by atoms with Gasteiger partial charge in [-0.2, -0.15) is 13.2 Å². The number of halogens is 3. The predicted molar refractivity (Wildman–Crippen MR) is 112 cm³/mol. The van der Waals surface area contributed by atoms with E-state index in [0.717, 1.165) is 16.8 Å². The maximum atomic E-state index is 13.8. The molecule has 1 aliphatic rings. The van der Waals surface area contributed by atoms with Crippen molar-refractivity contribution in [2.45, 2.75) is 6.18 Å². The number of fused-ring (bicyclic) bond motifs is 3. The molecule has 0 saturated carbocycles. The van der Waals surface area contributed by atoms with Crippen LogP contribution in [0.1, 0.15) is 5.56 Å². The number of nitrogens with zero attached hydrogens (tertiary/aromatic N) is 3. The second-order valence-electron chi connectivity index (χ2n) is 7.08. The Morgan fingerprint density at radius 3 is 2.37 bits per heavy atom. The van der Waals surface area contributed by atoms with Crippen LogP contribution in [0.3, 0.4) is 0 Å². The zero-order valence-corrected chi connectivity index (χ0v) is 16.6. The van der Waals surface area contributed by atoms with Crippen molar-refractivity contribution in [2.75, 3.05) is 27.3 Å². The van der Waals surface area contributed by atoms with Crippen molar-refractivity contribution >= 4 is 29.0 Å². The molecule has 154 valence electrons. The summed E-state index contributed by atoms with van der Waals surface area (Å²) in [7, 11) is 3.43. The first-order valence-corrected chi connectivity index (χ1v) is 9.40. The first-order valence-electron chi connectivity index (χ1n) is 9.40. The fourth-order valence-electron chi connectivity index (χ4n) is 3.66. The van der Waals surface area contributed by atoms with Crippen LogP contribution in [0.15, 0.2) is 58.5 Å². The van der Waals surface area contributed by atoms with E-state index >= 15 is 0 Å². The highest BCUT2D eigenvalue weighted by molar-refractivity contribution is 6.00. The lowest BCUT2D eigenvalue weighted by molar-refractivity contribution is -0.137. The largest absolute Gasteiger partial charge is 0.417 e. The average molecular weight is 411 g/mol. The second-order valence-corrected chi connectivity index (χ2v) is 7.08. The van der Waals surface area contributed by atoms with Crippen LogP contribution in [0.2, 0.25) is 0 Å². The van der Waals surface area contributed by atoms with Crippen LogP contribution in [0.25, 0.3) is 28.5 Å². The predicted octanol–water partition coefficient (Wildman–Crippen LogP) is 4.13. The summed E-state index contributed by atoms with van der Waals surface area (Å²) in [6.45, 7) is 5.16. The Morgan fingerprint density at radius 2 is 1.67 bits per heavy atom. The number of ether oxygens (including phenoxy) is 1. The monoisotopic (exact) mass is 411 g/mol. The van der Waals surface area contributed by atoms with Crippen molar-refractivity contribution < 1.29 is 17.9 Å². The summed E-state index contributed by atoms with van der Waals surface area (Å²) in [5, 5.41) is 2.62. The average Bonchev–Trinajstić information content (AvgIpc) is 3.17. The van der Waals surface area contributed by atoms with E-state index in [2.05, 4.69) is 16.6 Å². The van der Waals surface area contributed by atoms with Gasteiger partial charge in [0.25, 0.3) is 0 Å². The molecule has 0 N–H and O–H groups in total. The molecule has 30 heavy (non-hydrogen) atoms. The zero-order valence-electron chi connectivity index (χ0n) is 16.6. The minimum atomic E-state index is -4.50. The molecule has 0 spiro atoms. The number of hydrogen-bond donors (Lipinski definition) is 0. The molecule has 4 rings (SSSR count). The Hall–Kier alpha value is -3.19. The Kier molecular flexibility index (Phi) is 5.07. The molecule has 0 saturated heterocycles. The van der Waals surface area contributed by atoms with E-state index in [1.165, 1.54) is 12.1 Å². The summed E-state index contributed by atoms with van der Waals surface area (Å²) < 4.78 is 46.4. The third kappa shape index (κ3) is 3.35. The van der Waals surface area contributed by atoms with Gasteiger partial charge >= 0.3 is 6.18 Å². The Morgan fingerprint density at radius 1 is 1.00 bits per heavy atom. The van der Waals surface area contributed by atoms with E-state index < -0.39 is 11.7 Å². The van der Waals surface area contributed by atoms with Gasteiger partial charge in [0.2, 0.25) is 5.96 Å². The van der Waals surface area contributed by atoms with E-state index in [-0.39, 0.29) is 5.56 Å². The number of likely N-dealkylation sites (N-methyl/N-ethyl adjacent to an activating group) is 1. The highest BCUT2D eigenvalue weighted by Gasteiger charge is 2.34. The van der Waals surface area contributed by atoms with Gasteiger partial charge in [-0.3, -0.25) is 0 Å². The van der Waals surface area contributed by atoms with E-state index in [1.807, 2.05) is 36.2 Å². The van der Waals surface area contributed by atoms with E-state index in [9.17, 15) is 13.2 Å². The van der Waals surface area contributed by atoms with Crippen LogP contribution in [0.5, 0.6) is 0 Å². The van der Waals surface area contributed by atoms with Crippen LogP contribution in [0.4, 0.5) is 18.9 Å². The summed E-state index contributed by atoms with van der Waals surface area (Å²) in [5.41, 5.74) is 0.102. The molecule has 0 unspecified atom stereocenters. The molecule has 1 heterocycles. The number of methoxy groups -OCH3 is 1. The zero-order chi connectivity index (χ0) is 21.5. The number of guanidine groups is 1. The second kappa shape index (κ2) is 7.57. The van der Waals surface area contributed by atoms with Crippen LogP contribution < -0.4 is 10.6 Å². The standard InChI is InChI=1S/C23H20F3N3O/c1-14-15-8-4-5-9-16(15)20-21(28-22(27-20)29(2)12-13-30-3)19(14)17-10-6-7-11-18(17)23(24,25)26/h4-11H,1,12-13H2,2-3H3. The van der Waals surface area contributed by atoms with Gasteiger partial charge in [-0.15, -0.1) is 0 Å². The van der Waals surface area contributed by atoms with Crippen molar-refractivity contribution in [1.29, 1.82) is 0 Å². The number of rotatable bonds is 4. The first-order chi connectivity index (χ1) is 14.3. The van der Waals surface area contributed by atoms with Gasteiger partial charge in [0.1, 0.15) is 11.0 Å². The number of aliphatic imine (C=N–C) groups is 1. The highest BCUT2D eigenvalue weighted by Crippen LogP contribution is 2.39. The highest BCUT2D eigenvalue weighted by atomic mass is 19.4. The van der Waals surface area contributed by atoms with Gasteiger partial charge in [-0.1, -0.05) is 49.0 Å². The van der Waals surface area contributed by atoms with Crippen LogP contribution in [-0.4, -0.2) is 38.2 Å². The molecule has 0 aliphatic carbocycles. The van der Waals surface area contributed by atoms with Crippen LogP contribution >= 0.6 is 0 Å². The molecule has 7 heteroatoms. The molecular weight excluding hydrogens is 391 g/mol. The maximum Gasteiger partial charge on any atom is 0.417 e. The van der Waals surface area contributed by atoms with Crippen LogP contribution in [-0.2, 0) is 10.9 Å². The van der Waals surface area contributed by atoms with Gasteiger partial charge in [-0.25, -0.2) is 9.98 Å². The fourth-order valence-corrected chi connectivity index (χ4v) is 3.66. The lowest BCUT2D eigenvalue weighted by Crippen LogP contribution is -2.28. The third-order valence-electron chi connectivity index (χ3n) is 5.17. The Labute approximate surface area is 171 Å². The summed E-state index contributed by atoms with van der Waals surface area (Å²) in [6, 6.07) is 13.0. The lowest BCUT2D eigenvalue weighted by Gasteiger charge is -2.16. The topological polar surface area (TPSA) is 37.2 Å². The number of alkyl halides is 3. The summed E-state index contributed by atoms with van der Waals surface area (Å²) >= 11 is 0. The number of hydrogen-bond acceptors (Lipinski definition) is 4. The summed E-state index contributed by atoms with van der Waals surface area (Å²) in [5.74, 6) is 0.434. The quantitative estimate of drug-likeness (QED) is 0.647. The minimum Gasteiger partial charge on any atom is -0.383 e. The molecule has 0 bridgehead atoms. The van der Waals surface area contributed by atoms with Crippen molar-refractivity contribution in [2.24, 2.45) is 9.98 Å². The first kappa shape index (κ1) is 20.1. The van der Waals surface area contributed by atoms with Crippen molar-refractivity contribution in [3.05, 3.63) is 64.7 Å². The molecule has 0 fully saturated rings. The smallest absolute Gasteiger partial charge is 0.383 e. The van der Waals surface area contributed by atoms with Crippen molar-refractivity contribution in [1.82, 2.24) is 4.90 Å². The molecule has 1 aliphatic heterocycles. The molecular formula is C23H20F3N3O. The van der Waals surface area contributed by atoms with Gasteiger partial charge in [0.15, 0.2) is 0 Å². The normalized spacial score (nSPS) is 13.2. The third-order valence-corrected chi connectivity index (χ3v) is 5.17. The molecule has 0 atom stereocenters. The number of benzene rings is 3. The van der Waals surface area contributed by atoms with E-state index in [4.69, 9.17) is 4.74 Å². The Balaban J connectivity index is 2.04. The molecule has 0 aromatic heterocycles. The molecule has 0 radical (unpaired) electrons. The lowest BCUT2D eigenvalue weighted by atomic mass is 9.93. The molecule has 0 amide bonds. The van der Waals surface area contributed by atoms with Gasteiger partial charge < -0.3 is 9.64 Å². The van der Waals surface area contributed by atoms with E-state index in [1.54, 1.807) is 13.2 Å². The summed E-state index contributed by atoms with van der Waals surface area (Å²) in [4.78, 5) is 11.1. The summed E-state index contributed by atoms with van der Waals surface area (Å²) in [6.07, 6.45) is -4.50. The maximum absolute atomic E-state index is 13.8. The molecule has 4 nitrogen and oxygen atoms in total. The van der Waals surface area contributed by atoms with Crippen LogP contribution in [0, 0.1) is 0 Å².